The summed E-state index contributed by atoms with van der Waals surface area (Å²) in [6.07, 6.45) is 0. The normalized spacial score (nSPS) is 11.0. The minimum atomic E-state index is -0.102. The third-order valence-electron chi connectivity index (χ3n) is 3.88. The van der Waals surface area contributed by atoms with E-state index in [1.54, 1.807) is 0 Å². The molecule has 0 atom stereocenters. The molecule has 0 spiro atoms. The fourth-order valence-electron chi connectivity index (χ4n) is 2.51. The first-order valence-electron chi connectivity index (χ1n) is 7.82. The van der Waals surface area contributed by atoms with Crippen molar-refractivity contribution >= 4 is 22.5 Å². The monoisotopic (exact) mass is 304 g/mol. The Hall–Kier alpha value is -2.68. The number of carbonyl (C=O) groups is 1. The molecule has 0 saturated carbocycles. The van der Waals surface area contributed by atoms with Gasteiger partial charge in [0.2, 0.25) is 0 Å². The van der Waals surface area contributed by atoms with Crippen molar-refractivity contribution in [2.45, 2.75) is 26.7 Å². The summed E-state index contributed by atoms with van der Waals surface area (Å²) in [7, 11) is 0. The van der Waals surface area contributed by atoms with Crippen molar-refractivity contribution in [3.8, 4) is 0 Å². The lowest BCUT2D eigenvalue weighted by atomic mass is 10.0. The van der Waals surface area contributed by atoms with Gasteiger partial charge >= 0.3 is 0 Å². The van der Waals surface area contributed by atoms with Gasteiger partial charge in [0.1, 0.15) is 0 Å². The molecule has 0 aliphatic carbocycles. The molecule has 3 aromatic rings. The number of pyridine rings is 1. The summed E-state index contributed by atoms with van der Waals surface area (Å²) < 4.78 is 0. The summed E-state index contributed by atoms with van der Waals surface area (Å²) in [6, 6.07) is 17.5. The lowest BCUT2D eigenvalue weighted by Crippen LogP contribution is -2.13. The number of nitrogens with zero attached hydrogens (tertiary/aromatic N) is 1. The number of para-hydroxylation sites is 1. The summed E-state index contributed by atoms with van der Waals surface area (Å²) >= 11 is 0. The summed E-state index contributed by atoms with van der Waals surface area (Å²) in [4.78, 5) is 17.4. The van der Waals surface area contributed by atoms with E-state index in [4.69, 9.17) is 0 Å². The summed E-state index contributed by atoms with van der Waals surface area (Å²) in [5.74, 6) is 0.167. The number of aromatic nitrogens is 1. The molecule has 0 fully saturated rings. The summed E-state index contributed by atoms with van der Waals surface area (Å²) in [5.41, 5.74) is 4.41. The van der Waals surface area contributed by atoms with Crippen molar-refractivity contribution in [1.29, 1.82) is 0 Å². The van der Waals surface area contributed by atoms with Crippen LogP contribution in [0.4, 0.5) is 5.69 Å². The third-order valence-corrected chi connectivity index (χ3v) is 3.88. The molecular formula is C20H20N2O. The predicted molar refractivity (Wildman–Crippen MR) is 95.0 cm³/mol. The Labute approximate surface area is 136 Å². The van der Waals surface area contributed by atoms with Gasteiger partial charge in [0.25, 0.3) is 5.91 Å². The van der Waals surface area contributed by atoms with E-state index in [2.05, 4.69) is 24.1 Å². The molecule has 1 amide bonds. The van der Waals surface area contributed by atoms with E-state index in [1.807, 2.05) is 61.5 Å². The quantitative estimate of drug-likeness (QED) is 0.746. The first-order valence-corrected chi connectivity index (χ1v) is 7.82. The van der Waals surface area contributed by atoms with Crippen LogP contribution in [-0.4, -0.2) is 10.9 Å². The molecule has 3 rings (SSSR count). The van der Waals surface area contributed by atoms with Crippen LogP contribution >= 0.6 is 0 Å². The number of amides is 1. The zero-order chi connectivity index (χ0) is 16.4. The summed E-state index contributed by atoms with van der Waals surface area (Å²) in [6.45, 7) is 6.19. The van der Waals surface area contributed by atoms with Gasteiger partial charge in [-0.25, -0.2) is 0 Å². The van der Waals surface area contributed by atoms with Crippen LogP contribution in [0.15, 0.2) is 54.6 Å². The maximum atomic E-state index is 12.7. The van der Waals surface area contributed by atoms with Crippen LogP contribution in [0.25, 0.3) is 10.9 Å². The largest absolute Gasteiger partial charge is 0.322 e. The molecular weight excluding hydrogens is 284 g/mol. The number of hydrogen-bond acceptors (Lipinski definition) is 2. The maximum Gasteiger partial charge on any atom is 0.256 e. The highest BCUT2D eigenvalue weighted by atomic mass is 16.1. The van der Waals surface area contributed by atoms with Gasteiger partial charge in [0.15, 0.2) is 0 Å². The van der Waals surface area contributed by atoms with E-state index in [0.29, 0.717) is 5.56 Å². The fourth-order valence-corrected chi connectivity index (χ4v) is 2.51. The third kappa shape index (κ3) is 3.24. The second-order valence-electron chi connectivity index (χ2n) is 6.09. The Bertz CT molecular complexity index is 851. The molecule has 2 aromatic carbocycles. The number of aryl methyl sites for hydroxylation is 1. The van der Waals surface area contributed by atoms with Gasteiger partial charge in [0.05, 0.1) is 11.1 Å². The number of rotatable bonds is 3. The Morgan fingerprint density at radius 2 is 1.74 bits per heavy atom. The molecule has 0 saturated heterocycles. The van der Waals surface area contributed by atoms with Gasteiger partial charge in [-0.1, -0.05) is 49.7 Å². The maximum absolute atomic E-state index is 12.7. The molecule has 116 valence electrons. The molecule has 0 aliphatic heterocycles. The van der Waals surface area contributed by atoms with Crippen molar-refractivity contribution in [2.24, 2.45) is 0 Å². The van der Waals surface area contributed by atoms with Crippen molar-refractivity contribution in [3.63, 3.8) is 0 Å². The minimum Gasteiger partial charge on any atom is -0.322 e. The van der Waals surface area contributed by atoms with Gasteiger partial charge in [-0.15, -0.1) is 0 Å². The SMILES string of the molecule is Cc1ccc(NC(=O)c2cc(C(C)C)nc3ccccc23)cc1. The average molecular weight is 304 g/mol. The fraction of sp³-hybridized carbons (Fsp3) is 0.200. The van der Waals surface area contributed by atoms with E-state index < -0.39 is 0 Å². The number of nitrogens with one attached hydrogen (secondary N) is 1. The van der Waals surface area contributed by atoms with E-state index in [9.17, 15) is 4.79 Å². The van der Waals surface area contributed by atoms with E-state index in [0.717, 1.165) is 22.3 Å². The number of hydrogen-bond donors (Lipinski definition) is 1. The van der Waals surface area contributed by atoms with Crippen LogP contribution in [0, 0.1) is 6.92 Å². The van der Waals surface area contributed by atoms with Gasteiger partial charge in [-0.2, -0.15) is 0 Å². The van der Waals surface area contributed by atoms with Gasteiger partial charge in [0, 0.05) is 16.8 Å². The van der Waals surface area contributed by atoms with Crippen LogP contribution in [-0.2, 0) is 0 Å². The zero-order valence-corrected chi connectivity index (χ0v) is 13.6. The molecule has 3 heteroatoms. The highest BCUT2D eigenvalue weighted by molar-refractivity contribution is 6.12. The molecule has 1 heterocycles. The minimum absolute atomic E-state index is 0.102. The van der Waals surface area contributed by atoms with Crippen molar-refractivity contribution in [1.82, 2.24) is 4.98 Å². The van der Waals surface area contributed by atoms with Crippen molar-refractivity contribution in [3.05, 3.63) is 71.4 Å². The van der Waals surface area contributed by atoms with Gasteiger partial charge in [-0.05, 0) is 37.1 Å². The van der Waals surface area contributed by atoms with E-state index in [1.165, 1.54) is 5.56 Å². The van der Waals surface area contributed by atoms with Crippen LogP contribution in [0.1, 0.15) is 41.4 Å². The van der Waals surface area contributed by atoms with Crippen LogP contribution < -0.4 is 5.32 Å². The molecule has 0 radical (unpaired) electrons. The standard InChI is InChI=1S/C20H20N2O/c1-13(2)19-12-17(16-6-4-5-7-18(16)22-19)20(23)21-15-10-8-14(3)9-11-15/h4-13H,1-3H3,(H,21,23). The summed E-state index contributed by atoms with van der Waals surface area (Å²) in [5, 5.41) is 3.85. The first kappa shape index (κ1) is 15.2. The second-order valence-corrected chi connectivity index (χ2v) is 6.09. The Morgan fingerprint density at radius 1 is 1.04 bits per heavy atom. The second kappa shape index (κ2) is 6.21. The highest BCUT2D eigenvalue weighted by Crippen LogP contribution is 2.23. The van der Waals surface area contributed by atoms with Gasteiger partial charge < -0.3 is 5.32 Å². The number of carbonyl (C=O) groups excluding carboxylic acids is 1. The first-order chi connectivity index (χ1) is 11.0. The number of fused-ring (bicyclic) bond motifs is 1. The predicted octanol–water partition coefficient (Wildman–Crippen LogP) is 4.92. The molecule has 1 aromatic heterocycles. The smallest absolute Gasteiger partial charge is 0.256 e. The molecule has 0 aliphatic rings. The number of anilines is 1. The lowest BCUT2D eigenvalue weighted by molar-refractivity contribution is 0.102. The molecule has 3 nitrogen and oxygen atoms in total. The molecule has 23 heavy (non-hydrogen) atoms. The van der Waals surface area contributed by atoms with Crippen LogP contribution in [0.2, 0.25) is 0 Å². The van der Waals surface area contributed by atoms with Crippen molar-refractivity contribution < 1.29 is 4.79 Å². The average Bonchev–Trinajstić information content (AvgIpc) is 2.55. The van der Waals surface area contributed by atoms with Crippen molar-refractivity contribution in [2.75, 3.05) is 5.32 Å². The Morgan fingerprint density at radius 3 is 2.43 bits per heavy atom. The Balaban J connectivity index is 2.03. The lowest BCUT2D eigenvalue weighted by Gasteiger charge is -2.12. The Kier molecular flexibility index (Phi) is 4.11. The van der Waals surface area contributed by atoms with E-state index >= 15 is 0 Å². The molecule has 0 unspecified atom stereocenters. The highest BCUT2D eigenvalue weighted by Gasteiger charge is 2.14. The number of benzene rings is 2. The molecule has 1 N–H and O–H groups in total. The van der Waals surface area contributed by atoms with Crippen LogP contribution in [0.5, 0.6) is 0 Å². The zero-order valence-electron chi connectivity index (χ0n) is 13.6. The molecule has 0 bridgehead atoms. The topological polar surface area (TPSA) is 42.0 Å². The van der Waals surface area contributed by atoms with E-state index in [-0.39, 0.29) is 11.8 Å². The van der Waals surface area contributed by atoms with Crippen LogP contribution in [0.3, 0.4) is 0 Å². The van der Waals surface area contributed by atoms with Gasteiger partial charge in [-0.3, -0.25) is 9.78 Å².